The predicted molar refractivity (Wildman–Crippen MR) is 97.6 cm³/mol. The number of carboxylic acids is 1. The average Bonchev–Trinajstić information content (AvgIpc) is 2.63. The number of carbonyl (C=O) groups is 1. The lowest BCUT2D eigenvalue weighted by molar-refractivity contribution is 0.0573. The van der Waals surface area contributed by atoms with Crippen molar-refractivity contribution in [3.05, 3.63) is 71.3 Å². The summed E-state index contributed by atoms with van der Waals surface area (Å²) in [4.78, 5) is 13.6. The quantitative estimate of drug-likeness (QED) is 0.848. The molecule has 0 aromatic heterocycles. The first-order chi connectivity index (χ1) is 12.1. The molecule has 2 N–H and O–H groups in total. The lowest BCUT2D eigenvalue weighted by Crippen LogP contribution is -2.38. The standard InChI is InChI=1S/C21H25NO3/c23-20(14-16-6-2-1-3-7-16)17-10-12-22(13-11-17)15-18-8-4-5-9-19(18)21(24)25/h1-9,17,20,23H,10-15H2,(H,24,25). The van der Waals surface area contributed by atoms with Crippen LogP contribution in [0.3, 0.4) is 0 Å². The highest BCUT2D eigenvalue weighted by Gasteiger charge is 2.26. The number of likely N-dealkylation sites (tertiary alicyclic amines) is 1. The van der Waals surface area contributed by atoms with Crippen LogP contribution in [0.2, 0.25) is 0 Å². The Bertz CT molecular complexity index is 693. The van der Waals surface area contributed by atoms with Crippen LogP contribution in [0.5, 0.6) is 0 Å². The van der Waals surface area contributed by atoms with Crippen LogP contribution in [0.1, 0.15) is 34.3 Å². The third-order valence-corrected chi connectivity index (χ3v) is 5.11. The first kappa shape index (κ1) is 17.6. The molecule has 2 aromatic carbocycles. The van der Waals surface area contributed by atoms with Crippen molar-refractivity contribution >= 4 is 5.97 Å². The van der Waals surface area contributed by atoms with Gasteiger partial charge in [-0.25, -0.2) is 4.79 Å². The van der Waals surface area contributed by atoms with Crippen LogP contribution < -0.4 is 0 Å². The van der Waals surface area contributed by atoms with E-state index >= 15 is 0 Å². The summed E-state index contributed by atoms with van der Waals surface area (Å²) in [6.07, 6.45) is 2.29. The van der Waals surface area contributed by atoms with Crippen LogP contribution in [0, 0.1) is 5.92 Å². The number of aromatic carboxylic acids is 1. The zero-order chi connectivity index (χ0) is 17.6. The minimum Gasteiger partial charge on any atom is -0.478 e. The van der Waals surface area contributed by atoms with Gasteiger partial charge in [0.05, 0.1) is 11.7 Å². The molecule has 1 aliphatic rings. The van der Waals surface area contributed by atoms with E-state index in [0.29, 0.717) is 24.4 Å². The Hall–Kier alpha value is -2.17. The second-order valence-corrected chi connectivity index (χ2v) is 6.83. The maximum Gasteiger partial charge on any atom is 0.336 e. The molecule has 1 saturated heterocycles. The lowest BCUT2D eigenvalue weighted by Gasteiger charge is -2.34. The lowest BCUT2D eigenvalue weighted by atomic mass is 9.87. The van der Waals surface area contributed by atoms with Gasteiger partial charge in [0.25, 0.3) is 0 Å². The number of aliphatic hydroxyl groups excluding tert-OH is 1. The van der Waals surface area contributed by atoms with Gasteiger partial charge in [-0.15, -0.1) is 0 Å². The molecule has 1 heterocycles. The van der Waals surface area contributed by atoms with Gasteiger partial charge in [0.15, 0.2) is 0 Å². The molecule has 1 fully saturated rings. The van der Waals surface area contributed by atoms with Crippen molar-refractivity contribution in [2.45, 2.75) is 31.9 Å². The summed E-state index contributed by atoms with van der Waals surface area (Å²) < 4.78 is 0. The number of carboxylic acid groups (broad SMARTS) is 1. The van der Waals surface area contributed by atoms with Gasteiger partial charge >= 0.3 is 5.97 Å². The first-order valence-corrected chi connectivity index (χ1v) is 8.89. The van der Waals surface area contributed by atoms with E-state index < -0.39 is 5.97 Å². The number of aliphatic hydroxyl groups is 1. The average molecular weight is 339 g/mol. The monoisotopic (exact) mass is 339 g/mol. The molecule has 0 aliphatic carbocycles. The molecular formula is C21H25NO3. The van der Waals surface area contributed by atoms with Crippen molar-refractivity contribution in [2.24, 2.45) is 5.92 Å². The Balaban J connectivity index is 1.53. The Labute approximate surface area is 148 Å². The number of benzene rings is 2. The molecule has 1 atom stereocenters. The Morgan fingerprint density at radius 3 is 2.36 bits per heavy atom. The molecule has 0 bridgehead atoms. The molecule has 25 heavy (non-hydrogen) atoms. The fourth-order valence-electron chi connectivity index (χ4n) is 3.63. The van der Waals surface area contributed by atoms with Gasteiger partial charge in [-0.2, -0.15) is 0 Å². The van der Waals surface area contributed by atoms with E-state index in [0.717, 1.165) is 31.5 Å². The van der Waals surface area contributed by atoms with E-state index in [2.05, 4.69) is 17.0 Å². The van der Waals surface area contributed by atoms with Gasteiger partial charge in [-0.1, -0.05) is 48.5 Å². The van der Waals surface area contributed by atoms with Crippen molar-refractivity contribution in [1.82, 2.24) is 4.90 Å². The van der Waals surface area contributed by atoms with E-state index in [1.54, 1.807) is 12.1 Å². The summed E-state index contributed by atoms with van der Waals surface area (Å²) in [7, 11) is 0. The minimum absolute atomic E-state index is 0.309. The summed E-state index contributed by atoms with van der Waals surface area (Å²) >= 11 is 0. The molecule has 3 rings (SSSR count). The third-order valence-electron chi connectivity index (χ3n) is 5.11. The van der Waals surface area contributed by atoms with E-state index in [-0.39, 0.29) is 6.10 Å². The smallest absolute Gasteiger partial charge is 0.336 e. The number of piperidine rings is 1. The SMILES string of the molecule is O=C(O)c1ccccc1CN1CCC(C(O)Cc2ccccc2)CC1. The molecule has 0 radical (unpaired) electrons. The number of rotatable bonds is 6. The molecule has 2 aromatic rings. The van der Waals surface area contributed by atoms with Crippen LogP contribution in [0.25, 0.3) is 0 Å². The van der Waals surface area contributed by atoms with Crippen LogP contribution in [-0.4, -0.2) is 40.3 Å². The normalized spacial score (nSPS) is 17.3. The molecule has 0 spiro atoms. The van der Waals surface area contributed by atoms with Crippen LogP contribution in [-0.2, 0) is 13.0 Å². The van der Waals surface area contributed by atoms with Crippen LogP contribution in [0.15, 0.2) is 54.6 Å². The van der Waals surface area contributed by atoms with Gasteiger partial charge in [0.1, 0.15) is 0 Å². The fraction of sp³-hybridized carbons (Fsp3) is 0.381. The molecule has 0 saturated carbocycles. The van der Waals surface area contributed by atoms with Crippen molar-refractivity contribution < 1.29 is 15.0 Å². The number of hydrogen-bond acceptors (Lipinski definition) is 3. The fourth-order valence-corrected chi connectivity index (χ4v) is 3.63. The first-order valence-electron chi connectivity index (χ1n) is 8.89. The van der Waals surface area contributed by atoms with E-state index in [4.69, 9.17) is 0 Å². The molecular weight excluding hydrogens is 314 g/mol. The van der Waals surface area contributed by atoms with Gasteiger partial charge in [-0.3, -0.25) is 4.90 Å². The zero-order valence-electron chi connectivity index (χ0n) is 14.3. The molecule has 4 nitrogen and oxygen atoms in total. The Morgan fingerprint density at radius 2 is 1.68 bits per heavy atom. The highest BCUT2D eigenvalue weighted by molar-refractivity contribution is 5.89. The zero-order valence-corrected chi connectivity index (χ0v) is 14.3. The van der Waals surface area contributed by atoms with E-state index in [1.807, 2.05) is 30.3 Å². The van der Waals surface area contributed by atoms with Gasteiger partial charge in [0, 0.05) is 6.54 Å². The second-order valence-electron chi connectivity index (χ2n) is 6.83. The van der Waals surface area contributed by atoms with E-state index in [1.165, 1.54) is 5.56 Å². The number of nitrogens with zero attached hydrogens (tertiary/aromatic N) is 1. The summed E-state index contributed by atoms with van der Waals surface area (Å²) in [5, 5.41) is 19.8. The molecule has 132 valence electrons. The second kappa shape index (κ2) is 8.28. The molecule has 0 amide bonds. The number of hydrogen-bond donors (Lipinski definition) is 2. The predicted octanol–water partition coefficient (Wildman–Crippen LogP) is 3.20. The topological polar surface area (TPSA) is 60.8 Å². The van der Waals surface area contributed by atoms with Crippen LogP contribution >= 0.6 is 0 Å². The van der Waals surface area contributed by atoms with Crippen molar-refractivity contribution in [2.75, 3.05) is 13.1 Å². The highest BCUT2D eigenvalue weighted by Crippen LogP contribution is 2.24. The molecule has 1 unspecified atom stereocenters. The molecule has 1 aliphatic heterocycles. The van der Waals surface area contributed by atoms with Crippen molar-refractivity contribution in [3.63, 3.8) is 0 Å². The third kappa shape index (κ3) is 4.68. The van der Waals surface area contributed by atoms with Gasteiger partial charge in [0.2, 0.25) is 0 Å². The molecule has 4 heteroatoms. The highest BCUT2D eigenvalue weighted by atomic mass is 16.4. The maximum absolute atomic E-state index is 11.3. The van der Waals surface area contributed by atoms with Crippen molar-refractivity contribution in [3.8, 4) is 0 Å². The minimum atomic E-state index is -0.872. The summed E-state index contributed by atoms with van der Waals surface area (Å²) in [6.45, 7) is 2.44. The summed E-state index contributed by atoms with van der Waals surface area (Å²) in [5.74, 6) is -0.560. The van der Waals surface area contributed by atoms with Crippen molar-refractivity contribution in [1.29, 1.82) is 0 Å². The maximum atomic E-state index is 11.3. The van der Waals surface area contributed by atoms with Crippen LogP contribution in [0.4, 0.5) is 0 Å². The van der Waals surface area contributed by atoms with Gasteiger partial charge in [-0.05, 0) is 55.5 Å². The Kier molecular flexibility index (Phi) is 5.84. The van der Waals surface area contributed by atoms with E-state index in [9.17, 15) is 15.0 Å². The largest absolute Gasteiger partial charge is 0.478 e. The Morgan fingerprint density at radius 1 is 1.04 bits per heavy atom. The summed E-state index contributed by atoms with van der Waals surface area (Å²) in [6, 6.07) is 17.3. The van der Waals surface area contributed by atoms with Gasteiger partial charge < -0.3 is 10.2 Å². The summed E-state index contributed by atoms with van der Waals surface area (Å²) in [5.41, 5.74) is 2.42.